The zero-order valence-corrected chi connectivity index (χ0v) is 11.9. The van der Waals surface area contributed by atoms with E-state index in [-0.39, 0.29) is 42.4 Å². The summed E-state index contributed by atoms with van der Waals surface area (Å²) < 4.78 is 0. The second-order valence-electron chi connectivity index (χ2n) is 4.21. The SMILES string of the molecule is C[C@@H](c1cc(O)ccc1O)N1CCNCC1.Cl.Cl. The molecular formula is C12H20Cl2N2O2. The topological polar surface area (TPSA) is 55.7 Å². The van der Waals surface area contributed by atoms with Crippen molar-refractivity contribution in [1.82, 2.24) is 10.2 Å². The molecule has 1 aromatic rings. The maximum atomic E-state index is 9.78. The summed E-state index contributed by atoms with van der Waals surface area (Å²) in [6.45, 7) is 5.94. The van der Waals surface area contributed by atoms with Crippen molar-refractivity contribution in [2.75, 3.05) is 26.2 Å². The lowest BCUT2D eigenvalue weighted by Gasteiger charge is -2.33. The highest BCUT2D eigenvalue weighted by atomic mass is 35.5. The van der Waals surface area contributed by atoms with E-state index in [2.05, 4.69) is 17.1 Å². The maximum Gasteiger partial charge on any atom is 0.120 e. The number of halogens is 2. The molecule has 0 unspecified atom stereocenters. The van der Waals surface area contributed by atoms with Crippen molar-refractivity contribution in [3.63, 3.8) is 0 Å². The Hall–Kier alpha value is -0.680. The zero-order valence-electron chi connectivity index (χ0n) is 10.3. The van der Waals surface area contributed by atoms with E-state index in [4.69, 9.17) is 0 Å². The van der Waals surface area contributed by atoms with Crippen LogP contribution in [0.25, 0.3) is 0 Å². The van der Waals surface area contributed by atoms with Gasteiger partial charge in [0.2, 0.25) is 0 Å². The van der Waals surface area contributed by atoms with E-state index in [0.29, 0.717) is 0 Å². The Labute approximate surface area is 120 Å². The highest BCUT2D eigenvalue weighted by Crippen LogP contribution is 2.31. The van der Waals surface area contributed by atoms with Gasteiger partial charge in [-0.2, -0.15) is 0 Å². The number of aromatic hydroxyl groups is 2. The standard InChI is InChI=1S/C12H18N2O2.2ClH/c1-9(14-6-4-13-5-7-14)11-8-10(15)2-3-12(11)16;;/h2-3,8-9,13,15-16H,4-7H2,1H3;2*1H/t9-;;/m0../s1. The third-order valence-electron chi connectivity index (χ3n) is 3.16. The third-order valence-corrected chi connectivity index (χ3v) is 3.16. The molecular weight excluding hydrogens is 275 g/mol. The molecule has 0 aliphatic carbocycles. The Bertz CT molecular complexity index is 371. The van der Waals surface area contributed by atoms with E-state index < -0.39 is 0 Å². The molecule has 1 aliphatic rings. The van der Waals surface area contributed by atoms with Crippen LogP contribution in [0.1, 0.15) is 18.5 Å². The van der Waals surface area contributed by atoms with Gasteiger partial charge in [0.15, 0.2) is 0 Å². The predicted octanol–water partition coefficient (Wildman–Crippen LogP) is 1.91. The molecule has 6 heteroatoms. The van der Waals surface area contributed by atoms with Crippen molar-refractivity contribution in [3.05, 3.63) is 23.8 Å². The summed E-state index contributed by atoms with van der Waals surface area (Å²) in [5.41, 5.74) is 0.793. The van der Waals surface area contributed by atoms with Gasteiger partial charge in [0.05, 0.1) is 0 Å². The first kappa shape index (κ1) is 17.3. The predicted molar refractivity (Wildman–Crippen MR) is 77.1 cm³/mol. The monoisotopic (exact) mass is 294 g/mol. The lowest BCUT2D eigenvalue weighted by atomic mass is 10.0. The fraction of sp³-hybridized carbons (Fsp3) is 0.500. The van der Waals surface area contributed by atoms with E-state index in [1.54, 1.807) is 12.1 Å². The summed E-state index contributed by atoms with van der Waals surface area (Å²) in [6, 6.07) is 4.82. The summed E-state index contributed by atoms with van der Waals surface area (Å²) in [5, 5.41) is 22.5. The number of piperazine rings is 1. The minimum Gasteiger partial charge on any atom is -0.508 e. The van der Waals surface area contributed by atoms with E-state index in [1.165, 1.54) is 6.07 Å². The van der Waals surface area contributed by atoms with Crippen LogP contribution >= 0.6 is 24.8 Å². The molecule has 0 bridgehead atoms. The number of phenolic OH excluding ortho intramolecular Hbond substituents is 2. The Morgan fingerprint density at radius 3 is 2.39 bits per heavy atom. The van der Waals surface area contributed by atoms with E-state index in [0.717, 1.165) is 31.7 Å². The van der Waals surface area contributed by atoms with Crippen LogP contribution in [-0.4, -0.2) is 41.3 Å². The molecule has 1 atom stereocenters. The fourth-order valence-electron chi connectivity index (χ4n) is 2.14. The maximum absolute atomic E-state index is 9.78. The smallest absolute Gasteiger partial charge is 0.120 e. The summed E-state index contributed by atoms with van der Waals surface area (Å²) in [4.78, 5) is 2.30. The van der Waals surface area contributed by atoms with Gasteiger partial charge in [-0.05, 0) is 25.1 Å². The number of nitrogens with one attached hydrogen (secondary N) is 1. The van der Waals surface area contributed by atoms with Gasteiger partial charge in [0.1, 0.15) is 11.5 Å². The molecule has 0 saturated carbocycles. The first-order valence-corrected chi connectivity index (χ1v) is 5.65. The van der Waals surface area contributed by atoms with E-state index in [1.807, 2.05) is 0 Å². The van der Waals surface area contributed by atoms with Crippen LogP contribution in [0.4, 0.5) is 0 Å². The van der Waals surface area contributed by atoms with Crippen LogP contribution in [-0.2, 0) is 0 Å². The largest absolute Gasteiger partial charge is 0.508 e. The Kier molecular flexibility index (Phi) is 7.40. The normalized spacial score (nSPS) is 17.4. The van der Waals surface area contributed by atoms with Gasteiger partial charge in [-0.1, -0.05) is 0 Å². The van der Waals surface area contributed by atoms with Crippen molar-refractivity contribution in [3.8, 4) is 11.5 Å². The summed E-state index contributed by atoms with van der Waals surface area (Å²) in [5.74, 6) is 0.457. The molecule has 1 aromatic carbocycles. The van der Waals surface area contributed by atoms with Gasteiger partial charge >= 0.3 is 0 Å². The number of hydrogen-bond donors (Lipinski definition) is 3. The average Bonchev–Trinajstić information content (AvgIpc) is 2.32. The highest BCUT2D eigenvalue weighted by molar-refractivity contribution is 5.85. The second kappa shape index (κ2) is 7.69. The highest BCUT2D eigenvalue weighted by Gasteiger charge is 2.20. The zero-order chi connectivity index (χ0) is 11.5. The van der Waals surface area contributed by atoms with Crippen LogP contribution < -0.4 is 5.32 Å². The minimum atomic E-state index is 0. The molecule has 0 spiro atoms. The third kappa shape index (κ3) is 3.92. The quantitative estimate of drug-likeness (QED) is 0.730. The van der Waals surface area contributed by atoms with Gasteiger partial charge in [-0.15, -0.1) is 24.8 Å². The Morgan fingerprint density at radius 1 is 1.17 bits per heavy atom. The molecule has 3 N–H and O–H groups in total. The molecule has 104 valence electrons. The Morgan fingerprint density at radius 2 is 1.78 bits per heavy atom. The molecule has 18 heavy (non-hydrogen) atoms. The molecule has 0 amide bonds. The molecule has 1 heterocycles. The molecule has 2 rings (SSSR count). The van der Waals surface area contributed by atoms with Crippen molar-refractivity contribution in [2.45, 2.75) is 13.0 Å². The molecule has 4 nitrogen and oxygen atoms in total. The van der Waals surface area contributed by atoms with Gasteiger partial charge in [-0.3, -0.25) is 4.90 Å². The van der Waals surface area contributed by atoms with E-state index in [9.17, 15) is 10.2 Å². The van der Waals surface area contributed by atoms with Crippen molar-refractivity contribution >= 4 is 24.8 Å². The van der Waals surface area contributed by atoms with Crippen molar-refractivity contribution < 1.29 is 10.2 Å². The van der Waals surface area contributed by atoms with Crippen LogP contribution in [0.15, 0.2) is 18.2 Å². The number of hydrogen-bond acceptors (Lipinski definition) is 4. The van der Waals surface area contributed by atoms with Crippen LogP contribution in [0.2, 0.25) is 0 Å². The fourth-order valence-corrected chi connectivity index (χ4v) is 2.14. The molecule has 1 saturated heterocycles. The first-order valence-electron chi connectivity index (χ1n) is 5.65. The summed E-state index contributed by atoms with van der Waals surface area (Å²) in [7, 11) is 0. The number of benzene rings is 1. The average molecular weight is 295 g/mol. The number of rotatable bonds is 2. The van der Waals surface area contributed by atoms with Crippen LogP contribution in [0.3, 0.4) is 0 Å². The minimum absolute atomic E-state index is 0. The van der Waals surface area contributed by atoms with Crippen LogP contribution in [0.5, 0.6) is 11.5 Å². The first-order chi connectivity index (χ1) is 7.68. The van der Waals surface area contributed by atoms with Gasteiger partial charge in [0, 0.05) is 37.8 Å². The van der Waals surface area contributed by atoms with E-state index >= 15 is 0 Å². The Balaban J connectivity index is 0.00000144. The summed E-state index contributed by atoms with van der Waals surface area (Å²) >= 11 is 0. The molecule has 1 fully saturated rings. The molecule has 0 aromatic heterocycles. The summed E-state index contributed by atoms with van der Waals surface area (Å²) in [6.07, 6.45) is 0. The van der Waals surface area contributed by atoms with Gasteiger partial charge in [0.25, 0.3) is 0 Å². The molecule has 0 radical (unpaired) electrons. The lowest BCUT2D eigenvalue weighted by molar-refractivity contribution is 0.182. The number of nitrogens with zero attached hydrogens (tertiary/aromatic N) is 1. The van der Waals surface area contributed by atoms with Crippen LogP contribution in [0, 0.1) is 0 Å². The van der Waals surface area contributed by atoms with Crippen molar-refractivity contribution in [1.29, 1.82) is 0 Å². The lowest BCUT2D eigenvalue weighted by Crippen LogP contribution is -2.44. The van der Waals surface area contributed by atoms with Crippen molar-refractivity contribution in [2.24, 2.45) is 0 Å². The number of phenols is 2. The second-order valence-corrected chi connectivity index (χ2v) is 4.21. The van der Waals surface area contributed by atoms with Gasteiger partial charge < -0.3 is 15.5 Å². The van der Waals surface area contributed by atoms with Gasteiger partial charge in [-0.25, -0.2) is 0 Å². The molecule has 1 aliphatic heterocycles.